The largest absolute Gasteiger partial charge is 0.486 e. The zero-order valence-corrected chi connectivity index (χ0v) is 18.1. The average molecular weight is 425 g/mol. The summed E-state index contributed by atoms with van der Waals surface area (Å²) in [5, 5.41) is 2.91. The predicted molar refractivity (Wildman–Crippen MR) is 117 cm³/mol. The Bertz CT molecular complexity index is 1140. The van der Waals surface area contributed by atoms with Crippen LogP contribution in [-0.2, 0) is 13.1 Å². The van der Waals surface area contributed by atoms with Gasteiger partial charge in [-0.05, 0) is 44.0 Å². The van der Waals surface area contributed by atoms with E-state index in [1.54, 1.807) is 4.57 Å². The van der Waals surface area contributed by atoms with Crippen LogP contribution in [-0.4, -0.2) is 23.7 Å². The van der Waals surface area contributed by atoms with Crippen molar-refractivity contribution >= 4 is 17.2 Å². The molecule has 1 aliphatic heterocycles. The van der Waals surface area contributed by atoms with E-state index in [1.807, 2.05) is 39.0 Å². The van der Waals surface area contributed by atoms with Gasteiger partial charge in [0.15, 0.2) is 11.5 Å². The summed E-state index contributed by atoms with van der Waals surface area (Å²) in [5.74, 6) is 1.16. The number of nitrogens with one attached hydrogen (secondary N) is 1. The monoisotopic (exact) mass is 424 g/mol. The number of carbonyl (C=O) groups excluding carboxylic acids is 1. The van der Waals surface area contributed by atoms with Gasteiger partial charge in [-0.15, -0.1) is 0 Å². The molecule has 0 radical (unpaired) electrons. The standard InChI is InChI=1S/C23H24N2O4S/c1-14-8-15(2)10-18(9-14)13-25-16(3)21(30-23(25)27)22(26)24-12-17-4-5-19-20(11-17)29-7-6-28-19/h4-5,8-11H,6-7,12-13H2,1-3H3,(H,24,26). The van der Waals surface area contributed by atoms with Crippen LogP contribution in [0.2, 0.25) is 0 Å². The Labute approximate surface area is 179 Å². The zero-order valence-electron chi connectivity index (χ0n) is 17.3. The van der Waals surface area contributed by atoms with Gasteiger partial charge in [-0.2, -0.15) is 0 Å². The van der Waals surface area contributed by atoms with Crippen LogP contribution in [0.25, 0.3) is 0 Å². The number of carbonyl (C=O) groups is 1. The lowest BCUT2D eigenvalue weighted by atomic mass is 10.1. The van der Waals surface area contributed by atoms with Crippen LogP contribution in [0.15, 0.2) is 41.2 Å². The van der Waals surface area contributed by atoms with Gasteiger partial charge in [-0.1, -0.05) is 46.7 Å². The normalized spacial score (nSPS) is 12.6. The number of hydrogen-bond acceptors (Lipinski definition) is 5. The molecule has 0 unspecified atom stereocenters. The molecule has 0 atom stereocenters. The molecule has 2 aromatic carbocycles. The summed E-state index contributed by atoms with van der Waals surface area (Å²) in [6, 6.07) is 11.9. The van der Waals surface area contributed by atoms with Crippen LogP contribution >= 0.6 is 11.3 Å². The number of aryl methyl sites for hydroxylation is 2. The van der Waals surface area contributed by atoms with Gasteiger partial charge in [0.1, 0.15) is 18.1 Å². The fourth-order valence-corrected chi connectivity index (χ4v) is 4.58. The number of thiazole rings is 1. The number of hydrogen-bond donors (Lipinski definition) is 1. The number of ether oxygens (including phenoxy) is 2. The maximum absolute atomic E-state index is 12.7. The minimum absolute atomic E-state index is 0.129. The molecule has 0 saturated heterocycles. The third-order valence-corrected chi connectivity index (χ3v) is 6.11. The smallest absolute Gasteiger partial charge is 0.308 e. The number of nitrogens with zero attached hydrogens (tertiary/aromatic N) is 1. The van der Waals surface area contributed by atoms with Crippen molar-refractivity contribution < 1.29 is 14.3 Å². The van der Waals surface area contributed by atoms with E-state index >= 15 is 0 Å². The second kappa shape index (κ2) is 8.36. The molecule has 1 N–H and O–H groups in total. The molecule has 7 heteroatoms. The van der Waals surface area contributed by atoms with Gasteiger partial charge in [0.05, 0.1) is 6.54 Å². The van der Waals surface area contributed by atoms with Gasteiger partial charge in [0.2, 0.25) is 0 Å². The minimum atomic E-state index is -0.247. The summed E-state index contributed by atoms with van der Waals surface area (Å²) in [7, 11) is 0. The van der Waals surface area contributed by atoms with E-state index in [0.29, 0.717) is 48.4 Å². The molecule has 3 aromatic rings. The first kappa shape index (κ1) is 20.2. The van der Waals surface area contributed by atoms with Gasteiger partial charge < -0.3 is 14.8 Å². The molecule has 1 aliphatic rings. The molecule has 156 valence electrons. The molecule has 1 aromatic heterocycles. The first-order chi connectivity index (χ1) is 14.4. The Morgan fingerprint density at radius 2 is 1.70 bits per heavy atom. The first-order valence-electron chi connectivity index (χ1n) is 9.85. The lowest BCUT2D eigenvalue weighted by Gasteiger charge is -2.18. The number of fused-ring (bicyclic) bond motifs is 1. The summed E-state index contributed by atoms with van der Waals surface area (Å²) >= 11 is 0.985. The molecule has 0 aliphatic carbocycles. The fourth-order valence-electron chi connectivity index (χ4n) is 3.67. The van der Waals surface area contributed by atoms with Crippen molar-refractivity contribution in [3.05, 3.63) is 78.9 Å². The molecule has 0 saturated carbocycles. The van der Waals surface area contributed by atoms with E-state index in [1.165, 1.54) is 0 Å². The van der Waals surface area contributed by atoms with E-state index in [2.05, 4.69) is 23.5 Å². The quantitative estimate of drug-likeness (QED) is 0.680. The lowest BCUT2D eigenvalue weighted by molar-refractivity contribution is 0.0953. The molecular formula is C23H24N2O4S. The Kier molecular flexibility index (Phi) is 5.63. The van der Waals surface area contributed by atoms with Crippen molar-refractivity contribution in [2.24, 2.45) is 0 Å². The van der Waals surface area contributed by atoms with Crippen LogP contribution in [0.1, 0.15) is 37.6 Å². The van der Waals surface area contributed by atoms with Gasteiger partial charge >= 0.3 is 4.87 Å². The highest BCUT2D eigenvalue weighted by molar-refractivity contribution is 7.11. The number of amides is 1. The Balaban J connectivity index is 1.48. The first-order valence-corrected chi connectivity index (χ1v) is 10.7. The van der Waals surface area contributed by atoms with E-state index in [0.717, 1.165) is 33.6 Å². The molecular weight excluding hydrogens is 400 g/mol. The molecule has 0 spiro atoms. The second-order valence-electron chi connectivity index (χ2n) is 7.53. The van der Waals surface area contributed by atoms with E-state index in [9.17, 15) is 9.59 Å². The third-order valence-electron chi connectivity index (χ3n) is 5.03. The number of rotatable bonds is 5. The van der Waals surface area contributed by atoms with Gasteiger partial charge in [-0.3, -0.25) is 14.2 Å². The van der Waals surface area contributed by atoms with Crippen molar-refractivity contribution in [3.8, 4) is 11.5 Å². The summed E-state index contributed by atoms with van der Waals surface area (Å²) in [5.41, 5.74) is 4.96. The van der Waals surface area contributed by atoms with E-state index < -0.39 is 0 Å². The lowest BCUT2D eigenvalue weighted by Crippen LogP contribution is -2.23. The molecule has 0 bridgehead atoms. The van der Waals surface area contributed by atoms with Crippen molar-refractivity contribution in [1.29, 1.82) is 0 Å². The highest BCUT2D eigenvalue weighted by atomic mass is 32.1. The van der Waals surface area contributed by atoms with Gasteiger partial charge in [-0.25, -0.2) is 0 Å². The van der Waals surface area contributed by atoms with Crippen LogP contribution in [0.4, 0.5) is 0 Å². The summed E-state index contributed by atoms with van der Waals surface area (Å²) < 4.78 is 12.8. The maximum atomic E-state index is 12.7. The second-order valence-corrected chi connectivity index (χ2v) is 8.49. The van der Waals surface area contributed by atoms with E-state index in [-0.39, 0.29) is 10.8 Å². The highest BCUT2D eigenvalue weighted by Gasteiger charge is 2.18. The molecule has 1 amide bonds. The zero-order chi connectivity index (χ0) is 21.3. The summed E-state index contributed by atoms with van der Waals surface area (Å²) in [6.45, 7) is 7.76. The minimum Gasteiger partial charge on any atom is -0.486 e. The van der Waals surface area contributed by atoms with Gasteiger partial charge in [0, 0.05) is 12.2 Å². The molecule has 30 heavy (non-hydrogen) atoms. The van der Waals surface area contributed by atoms with Crippen molar-refractivity contribution in [2.45, 2.75) is 33.9 Å². The molecule has 2 heterocycles. The van der Waals surface area contributed by atoms with Gasteiger partial charge in [0.25, 0.3) is 5.91 Å². The highest BCUT2D eigenvalue weighted by Crippen LogP contribution is 2.30. The Hall–Kier alpha value is -3.06. The van der Waals surface area contributed by atoms with E-state index in [4.69, 9.17) is 9.47 Å². The van der Waals surface area contributed by atoms with Crippen LogP contribution in [0, 0.1) is 20.8 Å². The molecule has 4 rings (SSSR count). The molecule has 6 nitrogen and oxygen atoms in total. The maximum Gasteiger partial charge on any atom is 0.308 e. The summed E-state index contributed by atoms with van der Waals surface area (Å²) in [4.78, 5) is 25.6. The SMILES string of the molecule is Cc1cc(C)cc(Cn2c(C)c(C(=O)NCc3ccc4c(c3)OCCO4)sc2=O)c1. The summed E-state index contributed by atoms with van der Waals surface area (Å²) in [6.07, 6.45) is 0. The van der Waals surface area contributed by atoms with Crippen LogP contribution < -0.4 is 19.7 Å². The predicted octanol–water partition coefficient (Wildman–Crippen LogP) is 3.58. The Morgan fingerprint density at radius 3 is 2.43 bits per heavy atom. The van der Waals surface area contributed by atoms with Crippen molar-refractivity contribution in [2.75, 3.05) is 13.2 Å². The third kappa shape index (κ3) is 4.26. The Morgan fingerprint density at radius 1 is 1.00 bits per heavy atom. The molecule has 0 fully saturated rings. The van der Waals surface area contributed by atoms with Crippen LogP contribution in [0.3, 0.4) is 0 Å². The van der Waals surface area contributed by atoms with Crippen LogP contribution in [0.5, 0.6) is 11.5 Å². The topological polar surface area (TPSA) is 69.6 Å². The van der Waals surface area contributed by atoms with Crippen molar-refractivity contribution in [1.82, 2.24) is 9.88 Å². The average Bonchev–Trinajstić information content (AvgIpc) is 2.99. The fraction of sp³-hybridized carbons (Fsp3) is 0.304. The number of benzene rings is 2. The van der Waals surface area contributed by atoms with Crippen molar-refractivity contribution in [3.63, 3.8) is 0 Å². The number of aromatic nitrogens is 1.